The van der Waals surface area contributed by atoms with Gasteiger partial charge in [0.2, 0.25) is 12.2 Å². The van der Waals surface area contributed by atoms with Crippen molar-refractivity contribution in [3.8, 4) is 11.5 Å². The Labute approximate surface area is 223 Å². The standard InChI is InChI=1S/C27H38N4O7/c1-6-7-8-9-10-22(29-17-24(28-18-29)31(34)35)25(32)30-16-21(15-23(30)26(33)36-5)37-19-11-13-20(14-12-19)38-27(2,3)4/h11-14,17-18,21-23H,6-10,15-16H2,1-5H3/t21-,22+,23-/m0/s1. The molecule has 2 heterocycles. The Kier molecular flexibility index (Phi) is 9.71. The van der Waals surface area contributed by atoms with E-state index in [4.69, 9.17) is 14.2 Å². The second kappa shape index (κ2) is 12.7. The molecule has 2 aromatic rings. The first-order valence-electron chi connectivity index (χ1n) is 13.0. The fourth-order valence-electron chi connectivity index (χ4n) is 4.56. The number of hydrogen-bond acceptors (Lipinski definition) is 8. The highest BCUT2D eigenvalue weighted by molar-refractivity contribution is 5.87. The third kappa shape index (κ3) is 7.69. The van der Waals surface area contributed by atoms with Crippen molar-refractivity contribution in [1.29, 1.82) is 0 Å². The maximum absolute atomic E-state index is 13.8. The zero-order valence-corrected chi connectivity index (χ0v) is 22.8. The molecule has 1 aromatic carbocycles. The molecule has 1 aliphatic rings. The third-order valence-electron chi connectivity index (χ3n) is 6.32. The highest BCUT2D eigenvalue weighted by Gasteiger charge is 2.44. The Morgan fingerprint density at radius 1 is 1.16 bits per heavy atom. The van der Waals surface area contributed by atoms with Crippen LogP contribution in [0.15, 0.2) is 36.8 Å². The van der Waals surface area contributed by atoms with E-state index in [2.05, 4.69) is 11.9 Å². The highest BCUT2D eigenvalue weighted by atomic mass is 16.6. The molecule has 1 aliphatic heterocycles. The van der Waals surface area contributed by atoms with E-state index in [1.54, 1.807) is 12.1 Å². The van der Waals surface area contributed by atoms with Crippen LogP contribution >= 0.6 is 0 Å². The lowest BCUT2D eigenvalue weighted by Gasteiger charge is -2.27. The van der Waals surface area contributed by atoms with Crippen LogP contribution in [-0.2, 0) is 14.3 Å². The van der Waals surface area contributed by atoms with E-state index in [0.29, 0.717) is 17.9 Å². The van der Waals surface area contributed by atoms with Crippen LogP contribution in [0, 0.1) is 10.1 Å². The van der Waals surface area contributed by atoms with E-state index in [1.165, 1.54) is 29.1 Å². The van der Waals surface area contributed by atoms with Crippen molar-refractivity contribution in [3.63, 3.8) is 0 Å². The molecule has 1 fully saturated rings. The van der Waals surface area contributed by atoms with Gasteiger partial charge in [-0.05, 0) is 61.4 Å². The Hall–Kier alpha value is -3.63. The first kappa shape index (κ1) is 28.9. The number of rotatable bonds is 12. The average Bonchev–Trinajstić information content (AvgIpc) is 3.51. The number of esters is 1. The van der Waals surface area contributed by atoms with Crippen molar-refractivity contribution in [3.05, 3.63) is 46.9 Å². The first-order chi connectivity index (χ1) is 18.0. The summed E-state index contributed by atoms with van der Waals surface area (Å²) < 4.78 is 18.5. The number of ether oxygens (including phenoxy) is 3. The lowest BCUT2D eigenvalue weighted by molar-refractivity contribution is -0.389. The molecule has 11 heteroatoms. The summed E-state index contributed by atoms with van der Waals surface area (Å²) in [6.07, 6.45) is 6.62. The minimum Gasteiger partial charge on any atom is -0.488 e. The summed E-state index contributed by atoms with van der Waals surface area (Å²) in [5.74, 6) is 0.128. The van der Waals surface area contributed by atoms with Gasteiger partial charge in [-0.25, -0.2) is 4.79 Å². The lowest BCUT2D eigenvalue weighted by atomic mass is 10.1. The summed E-state index contributed by atoms with van der Waals surface area (Å²) in [6.45, 7) is 8.17. The van der Waals surface area contributed by atoms with Gasteiger partial charge in [-0.2, -0.15) is 0 Å². The van der Waals surface area contributed by atoms with Gasteiger partial charge in [-0.1, -0.05) is 32.6 Å². The molecule has 208 valence electrons. The minimum atomic E-state index is -0.822. The van der Waals surface area contributed by atoms with Crippen molar-refractivity contribution < 1.29 is 28.7 Å². The van der Waals surface area contributed by atoms with Crippen molar-refractivity contribution in [2.75, 3.05) is 13.7 Å². The molecule has 0 N–H and O–H groups in total. The van der Waals surface area contributed by atoms with Crippen molar-refractivity contribution in [1.82, 2.24) is 14.5 Å². The molecule has 3 atom stereocenters. The molecule has 0 unspecified atom stereocenters. The summed E-state index contributed by atoms with van der Waals surface area (Å²) in [4.78, 5) is 42.4. The topological polar surface area (TPSA) is 126 Å². The molecule has 0 radical (unpaired) electrons. The number of carbonyl (C=O) groups is 2. The van der Waals surface area contributed by atoms with Gasteiger partial charge < -0.3 is 29.2 Å². The molecule has 1 aromatic heterocycles. The van der Waals surface area contributed by atoms with E-state index in [0.717, 1.165) is 25.7 Å². The predicted molar refractivity (Wildman–Crippen MR) is 140 cm³/mol. The fraction of sp³-hybridized carbons (Fsp3) is 0.593. The molecule has 3 rings (SSSR count). The summed E-state index contributed by atoms with van der Waals surface area (Å²) >= 11 is 0. The zero-order valence-electron chi connectivity index (χ0n) is 22.8. The van der Waals surface area contributed by atoms with Gasteiger partial charge in [0.1, 0.15) is 41.5 Å². The highest BCUT2D eigenvalue weighted by Crippen LogP contribution is 2.30. The van der Waals surface area contributed by atoms with Crippen LogP contribution in [0.1, 0.15) is 72.3 Å². The van der Waals surface area contributed by atoms with Gasteiger partial charge in [-0.15, -0.1) is 0 Å². The minimum absolute atomic E-state index is 0.182. The number of benzene rings is 1. The maximum Gasteiger partial charge on any atom is 0.381 e. The number of nitrogens with zero attached hydrogens (tertiary/aromatic N) is 4. The molecule has 0 spiro atoms. The number of imidazole rings is 1. The van der Waals surface area contributed by atoms with Crippen LogP contribution in [0.25, 0.3) is 0 Å². The van der Waals surface area contributed by atoms with E-state index in [9.17, 15) is 19.7 Å². The van der Waals surface area contributed by atoms with E-state index < -0.39 is 29.1 Å². The average molecular weight is 531 g/mol. The molecule has 0 bridgehead atoms. The molecular weight excluding hydrogens is 492 g/mol. The van der Waals surface area contributed by atoms with Gasteiger partial charge >= 0.3 is 11.8 Å². The Morgan fingerprint density at radius 3 is 2.42 bits per heavy atom. The number of amides is 1. The summed E-state index contributed by atoms with van der Waals surface area (Å²) in [5, 5.41) is 11.2. The van der Waals surface area contributed by atoms with Crippen LogP contribution in [0.2, 0.25) is 0 Å². The van der Waals surface area contributed by atoms with E-state index >= 15 is 0 Å². The third-order valence-corrected chi connectivity index (χ3v) is 6.32. The Balaban J connectivity index is 1.78. The second-order valence-electron chi connectivity index (χ2n) is 10.5. The lowest BCUT2D eigenvalue weighted by Crippen LogP contribution is -2.44. The zero-order chi connectivity index (χ0) is 27.9. The van der Waals surface area contributed by atoms with Crippen molar-refractivity contribution in [2.45, 2.75) is 90.0 Å². The number of likely N-dealkylation sites (tertiary alicyclic amines) is 1. The fourth-order valence-corrected chi connectivity index (χ4v) is 4.56. The van der Waals surface area contributed by atoms with Crippen molar-refractivity contribution >= 4 is 17.7 Å². The molecule has 0 aliphatic carbocycles. The summed E-state index contributed by atoms with van der Waals surface area (Å²) in [7, 11) is 1.29. The van der Waals surface area contributed by atoms with Crippen LogP contribution < -0.4 is 9.47 Å². The van der Waals surface area contributed by atoms with E-state index in [-0.39, 0.29) is 30.3 Å². The number of methoxy groups -OCH3 is 1. The Morgan fingerprint density at radius 2 is 1.84 bits per heavy atom. The first-order valence-corrected chi connectivity index (χ1v) is 13.0. The summed E-state index contributed by atoms with van der Waals surface area (Å²) in [5.41, 5.74) is -0.328. The molecule has 1 saturated heterocycles. The SMILES string of the molecule is CCCCCC[C@H](C(=O)N1C[C@@H](Oc2ccc(OC(C)(C)C)cc2)C[C@H]1C(=O)OC)n1cnc([N+](=O)[O-])c1. The van der Waals surface area contributed by atoms with Crippen LogP contribution in [-0.4, -0.2) is 62.7 Å². The van der Waals surface area contributed by atoms with Crippen molar-refractivity contribution in [2.24, 2.45) is 0 Å². The number of unbranched alkanes of at least 4 members (excludes halogenated alkanes) is 3. The monoisotopic (exact) mass is 530 g/mol. The molecule has 11 nitrogen and oxygen atoms in total. The van der Waals surface area contributed by atoms with Crippen LogP contribution in [0.3, 0.4) is 0 Å². The molecule has 38 heavy (non-hydrogen) atoms. The normalized spacial score (nSPS) is 18.2. The number of aromatic nitrogens is 2. The van der Waals surface area contributed by atoms with Gasteiger partial charge in [0.25, 0.3) is 0 Å². The molecule has 0 saturated carbocycles. The number of nitro groups is 1. The molecule has 1 amide bonds. The maximum atomic E-state index is 13.8. The second-order valence-corrected chi connectivity index (χ2v) is 10.5. The van der Waals surface area contributed by atoms with Gasteiger partial charge in [0.15, 0.2) is 0 Å². The van der Waals surface area contributed by atoms with Crippen LogP contribution in [0.4, 0.5) is 5.82 Å². The number of hydrogen-bond donors (Lipinski definition) is 0. The summed E-state index contributed by atoms with van der Waals surface area (Å²) in [6, 6.07) is 5.66. The predicted octanol–water partition coefficient (Wildman–Crippen LogP) is 4.70. The van der Waals surface area contributed by atoms with Crippen LogP contribution in [0.5, 0.6) is 11.5 Å². The quantitative estimate of drug-likeness (QED) is 0.167. The molecular formula is C27H38N4O7. The smallest absolute Gasteiger partial charge is 0.381 e. The Bertz CT molecular complexity index is 1090. The number of carbonyl (C=O) groups excluding carboxylic acids is 2. The van der Waals surface area contributed by atoms with Gasteiger partial charge in [-0.3, -0.25) is 9.36 Å². The van der Waals surface area contributed by atoms with Gasteiger partial charge in [0, 0.05) is 6.42 Å². The van der Waals surface area contributed by atoms with E-state index in [1.807, 2.05) is 32.9 Å². The largest absolute Gasteiger partial charge is 0.488 e. The van der Waals surface area contributed by atoms with Gasteiger partial charge in [0.05, 0.1) is 13.7 Å².